The lowest BCUT2D eigenvalue weighted by atomic mass is 10.0. The minimum absolute atomic E-state index is 0.888. The minimum Gasteiger partial charge on any atom is -0.454 e. The van der Waals surface area contributed by atoms with Gasteiger partial charge >= 0.3 is 0 Å². The van der Waals surface area contributed by atoms with Crippen molar-refractivity contribution in [1.82, 2.24) is 18.4 Å². The van der Waals surface area contributed by atoms with Crippen LogP contribution in [0.5, 0.6) is 0 Å². The van der Waals surface area contributed by atoms with Gasteiger partial charge in [-0.15, -0.1) is 0 Å². The molecule has 0 saturated carbocycles. The third-order valence-electron chi connectivity index (χ3n) is 10.3. The van der Waals surface area contributed by atoms with Gasteiger partial charge in [0.25, 0.3) is 0 Å². The van der Waals surface area contributed by atoms with Crippen LogP contribution in [0.15, 0.2) is 150 Å². The van der Waals surface area contributed by atoms with Crippen LogP contribution in [0.2, 0.25) is 0 Å². The van der Waals surface area contributed by atoms with Crippen LogP contribution in [0.3, 0.4) is 0 Å². The van der Waals surface area contributed by atoms with Crippen LogP contribution in [0.4, 0.5) is 0 Å². The Hall–Kier alpha value is -6.59. The SMILES string of the molecule is c1ccc(-n2c3ccccc3c3c2c2oc4ccccc4c2c2c4cccc5c4n(c4ccccc4c4nc6ccccc6n54)c23)cc1. The molecule has 0 N–H and O–H groups in total. The highest BCUT2D eigenvalue weighted by molar-refractivity contribution is 6.40. The van der Waals surface area contributed by atoms with Crippen molar-refractivity contribution in [2.24, 2.45) is 0 Å². The number of para-hydroxylation sites is 7. The van der Waals surface area contributed by atoms with Crippen molar-refractivity contribution in [3.63, 3.8) is 0 Å². The second kappa shape index (κ2) is 8.60. The van der Waals surface area contributed by atoms with E-state index >= 15 is 0 Å². The van der Waals surface area contributed by atoms with Crippen LogP contribution in [-0.4, -0.2) is 18.4 Å². The highest BCUT2D eigenvalue weighted by Crippen LogP contribution is 2.49. The molecule has 5 nitrogen and oxygen atoms in total. The maximum absolute atomic E-state index is 6.95. The van der Waals surface area contributed by atoms with Crippen molar-refractivity contribution in [1.29, 1.82) is 0 Å². The summed E-state index contributed by atoms with van der Waals surface area (Å²) in [4.78, 5) is 5.25. The predicted molar refractivity (Wildman–Crippen MR) is 198 cm³/mol. The topological polar surface area (TPSA) is 39.8 Å². The lowest BCUT2D eigenvalue weighted by Gasteiger charge is -2.09. The Morgan fingerprint density at radius 1 is 0.417 bits per heavy atom. The summed E-state index contributed by atoms with van der Waals surface area (Å²) in [7, 11) is 0. The summed E-state index contributed by atoms with van der Waals surface area (Å²) in [6.07, 6.45) is 0. The molecule has 0 fully saturated rings. The molecule has 222 valence electrons. The number of nitrogens with zero attached hydrogens (tertiary/aromatic N) is 4. The van der Waals surface area contributed by atoms with Gasteiger partial charge in [-0.25, -0.2) is 4.98 Å². The normalized spacial score (nSPS) is 12.6. The first-order valence-corrected chi connectivity index (χ1v) is 16.3. The molecule has 12 rings (SSSR count). The van der Waals surface area contributed by atoms with E-state index in [0.717, 1.165) is 77.3 Å². The van der Waals surface area contributed by atoms with Crippen molar-refractivity contribution >= 4 is 98.7 Å². The van der Waals surface area contributed by atoms with Crippen molar-refractivity contribution in [3.05, 3.63) is 146 Å². The fraction of sp³-hybridized carbons (Fsp3) is 0. The van der Waals surface area contributed by atoms with Gasteiger partial charge in [0.05, 0.1) is 44.1 Å². The Morgan fingerprint density at radius 3 is 1.96 bits per heavy atom. The molecule has 0 saturated heterocycles. The molecule has 5 heterocycles. The van der Waals surface area contributed by atoms with Gasteiger partial charge in [0.1, 0.15) is 11.2 Å². The third kappa shape index (κ3) is 2.83. The number of hydrogen-bond acceptors (Lipinski definition) is 2. The molecule has 0 amide bonds. The number of fused-ring (bicyclic) bond motifs is 19. The quantitative estimate of drug-likeness (QED) is 0.185. The Kier molecular flexibility index (Phi) is 4.41. The van der Waals surface area contributed by atoms with E-state index < -0.39 is 0 Å². The maximum atomic E-state index is 6.95. The first-order valence-electron chi connectivity index (χ1n) is 16.3. The number of aromatic nitrogens is 4. The monoisotopic (exact) mass is 612 g/mol. The lowest BCUT2D eigenvalue weighted by Crippen LogP contribution is -1.94. The minimum atomic E-state index is 0.888. The Bertz CT molecular complexity index is 3340. The van der Waals surface area contributed by atoms with Gasteiger partial charge in [-0.2, -0.15) is 0 Å². The molecule has 7 aromatic carbocycles. The second-order valence-electron chi connectivity index (χ2n) is 12.7. The zero-order valence-corrected chi connectivity index (χ0v) is 25.6. The standard InChI is InChI=1S/C43H24N4O/c1-2-13-25(14-3-1)45-31-20-8-4-15-26(31)38-40-36(37-28-17-6-11-24-35(28)48-42(37)41(38)45)29-18-12-23-34-39(29)47(40)32-21-9-5-16-27(32)43-44-30-19-7-10-22-33(30)46(34)43/h1-24H. The molecule has 0 aliphatic carbocycles. The predicted octanol–water partition coefficient (Wildman–Crippen LogP) is 11.2. The highest BCUT2D eigenvalue weighted by atomic mass is 16.3. The first-order chi connectivity index (χ1) is 23.9. The Balaban J connectivity index is 1.52. The van der Waals surface area contributed by atoms with Crippen LogP contribution in [0.1, 0.15) is 0 Å². The number of hydrogen-bond donors (Lipinski definition) is 0. The van der Waals surface area contributed by atoms with Crippen molar-refractivity contribution in [3.8, 4) is 5.69 Å². The van der Waals surface area contributed by atoms with E-state index in [1.807, 2.05) is 0 Å². The zero-order chi connectivity index (χ0) is 31.1. The summed E-state index contributed by atoms with van der Waals surface area (Å²) in [5, 5.41) is 8.12. The molecule has 0 aliphatic heterocycles. The summed E-state index contributed by atoms with van der Waals surface area (Å²) in [6, 6.07) is 51.8. The summed E-state index contributed by atoms with van der Waals surface area (Å²) < 4.78 is 14.2. The second-order valence-corrected chi connectivity index (χ2v) is 12.7. The van der Waals surface area contributed by atoms with Gasteiger partial charge in [-0.3, -0.25) is 4.40 Å². The molecule has 0 aliphatic rings. The van der Waals surface area contributed by atoms with Gasteiger partial charge in [-0.05, 0) is 54.6 Å². The highest BCUT2D eigenvalue weighted by Gasteiger charge is 2.28. The summed E-state index contributed by atoms with van der Waals surface area (Å²) in [5.41, 5.74) is 12.7. The largest absolute Gasteiger partial charge is 0.454 e. The van der Waals surface area contributed by atoms with E-state index in [-0.39, 0.29) is 0 Å². The van der Waals surface area contributed by atoms with E-state index in [1.165, 1.54) is 27.1 Å². The molecule has 48 heavy (non-hydrogen) atoms. The van der Waals surface area contributed by atoms with Gasteiger partial charge in [0, 0.05) is 43.4 Å². The lowest BCUT2D eigenvalue weighted by molar-refractivity contribution is 0.671. The van der Waals surface area contributed by atoms with Crippen molar-refractivity contribution in [2.75, 3.05) is 0 Å². The molecule has 12 aromatic rings. The zero-order valence-electron chi connectivity index (χ0n) is 25.6. The smallest absolute Gasteiger partial charge is 0.160 e. The number of furan rings is 1. The average Bonchev–Trinajstić information content (AvgIpc) is 3.88. The van der Waals surface area contributed by atoms with Crippen molar-refractivity contribution < 1.29 is 4.42 Å². The maximum Gasteiger partial charge on any atom is 0.160 e. The molecule has 5 heteroatoms. The van der Waals surface area contributed by atoms with Crippen LogP contribution in [-0.2, 0) is 0 Å². The summed E-state index contributed by atoms with van der Waals surface area (Å²) >= 11 is 0. The van der Waals surface area contributed by atoms with Crippen LogP contribution in [0.25, 0.3) is 104 Å². The first kappa shape index (κ1) is 24.6. The molecule has 0 atom stereocenters. The summed E-state index contributed by atoms with van der Waals surface area (Å²) in [5.74, 6) is 0. The van der Waals surface area contributed by atoms with Crippen LogP contribution >= 0.6 is 0 Å². The molecule has 0 unspecified atom stereocenters. The van der Waals surface area contributed by atoms with E-state index in [2.05, 4.69) is 159 Å². The molecule has 0 spiro atoms. The van der Waals surface area contributed by atoms with Gasteiger partial charge < -0.3 is 13.4 Å². The fourth-order valence-electron chi connectivity index (χ4n) is 8.54. The van der Waals surface area contributed by atoms with E-state index in [1.54, 1.807) is 0 Å². The van der Waals surface area contributed by atoms with Gasteiger partial charge in [-0.1, -0.05) is 91.0 Å². The fourth-order valence-corrected chi connectivity index (χ4v) is 8.54. The van der Waals surface area contributed by atoms with E-state index in [4.69, 9.17) is 9.40 Å². The van der Waals surface area contributed by atoms with Gasteiger partial charge in [0.15, 0.2) is 5.58 Å². The van der Waals surface area contributed by atoms with E-state index in [9.17, 15) is 0 Å². The van der Waals surface area contributed by atoms with Gasteiger partial charge in [0.2, 0.25) is 0 Å². The van der Waals surface area contributed by atoms with E-state index in [0.29, 0.717) is 0 Å². The van der Waals surface area contributed by atoms with Crippen LogP contribution in [0, 0.1) is 0 Å². The molecular formula is C43H24N4O. The number of benzene rings is 7. The van der Waals surface area contributed by atoms with Crippen LogP contribution < -0.4 is 0 Å². The summed E-state index contributed by atoms with van der Waals surface area (Å²) in [6.45, 7) is 0. The molecular weight excluding hydrogens is 589 g/mol. The molecule has 5 aromatic heterocycles. The Labute approximate surface area is 272 Å². The Morgan fingerprint density at radius 2 is 1.08 bits per heavy atom. The average molecular weight is 613 g/mol. The molecule has 0 radical (unpaired) electrons. The number of rotatable bonds is 1. The third-order valence-corrected chi connectivity index (χ3v) is 10.3. The van der Waals surface area contributed by atoms with Crippen molar-refractivity contribution in [2.45, 2.75) is 0 Å². The molecule has 0 bridgehead atoms. The number of imidazole rings is 1.